The molecule has 0 saturated heterocycles. The Labute approximate surface area is 88.2 Å². The highest BCUT2D eigenvalue weighted by Gasteiger charge is -0.0345. The van der Waals surface area contributed by atoms with Crippen molar-refractivity contribution in [3.8, 4) is 0 Å². The molecule has 0 aliphatic heterocycles. The first kappa shape index (κ1) is 526. The van der Waals surface area contributed by atoms with Crippen LogP contribution in [0.15, 0.2) is 0 Å². The monoisotopic (exact) mass is 324 g/mol. The van der Waals surface area contributed by atoms with E-state index in [0.29, 0.717) is 0 Å². The predicted octanol–water partition coefficient (Wildman–Crippen LogP) is -19.2. The Kier molecular flexibility index (Phi) is 18300. The molecule has 0 N–H and O–H groups in total. The fourth-order valence-electron chi connectivity index (χ4n) is 0. The lowest BCUT2D eigenvalue weighted by molar-refractivity contribution is -0.00100. The SMILES string of the molecule is [F-].[F-].[F-].[F-].[F-].[F-].[PH4+].[PH4+].[PH4+].[PH4+].[PH4+].[PH4+]. The molecule has 0 nitrogen and oxygen atoms in total. The van der Waals surface area contributed by atoms with Gasteiger partial charge in [-0.3, -0.25) is 0 Å². The van der Waals surface area contributed by atoms with Crippen LogP contribution in [0, 0.1) is 0 Å². The molecule has 6 unspecified atom stereocenters. The van der Waals surface area contributed by atoms with Crippen LogP contribution in [-0.2, 0) is 0 Å². The fourth-order valence-corrected chi connectivity index (χ4v) is 0. The second-order valence-electron chi connectivity index (χ2n) is 0. The van der Waals surface area contributed by atoms with Crippen LogP contribution in [0.5, 0.6) is 0 Å². The molecule has 0 aliphatic rings. The van der Waals surface area contributed by atoms with Gasteiger partial charge in [0.1, 0.15) is 0 Å². The molecule has 0 radical (unpaired) electrons. The Morgan fingerprint density at radius 1 is 0.167 bits per heavy atom. The third-order valence-electron chi connectivity index (χ3n) is 0. The summed E-state index contributed by atoms with van der Waals surface area (Å²) in [6.07, 6.45) is 0. The molecular weight excluding hydrogens is 300 g/mol. The van der Waals surface area contributed by atoms with Crippen LogP contribution in [0.4, 0.5) is 0 Å². The van der Waals surface area contributed by atoms with Gasteiger partial charge < -0.3 is 28.2 Å². The summed E-state index contributed by atoms with van der Waals surface area (Å²) in [6.45, 7) is 0. The molecule has 0 aromatic heterocycles. The highest BCUT2D eigenvalue weighted by molar-refractivity contribution is 6.93. The molecule has 12 heteroatoms. The highest BCUT2D eigenvalue weighted by atomic mass is 31.0. The van der Waals surface area contributed by atoms with E-state index in [0.717, 1.165) is 0 Å². The standard InChI is InChI=1S/6FH.6H3P/h6*1H;6*1H3. The first-order chi connectivity index (χ1) is 0. The summed E-state index contributed by atoms with van der Waals surface area (Å²) in [5.41, 5.74) is 0. The molecule has 0 heterocycles. The third-order valence-corrected chi connectivity index (χ3v) is 0. The lowest BCUT2D eigenvalue weighted by Crippen LogP contribution is -3.00. The van der Waals surface area contributed by atoms with Crippen molar-refractivity contribution in [2.45, 2.75) is 0 Å². The van der Waals surface area contributed by atoms with Crippen molar-refractivity contribution in [2.75, 3.05) is 0 Å². The van der Waals surface area contributed by atoms with Gasteiger partial charge in [-0.25, -0.2) is 0 Å². The van der Waals surface area contributed by atoms with E-state index in [1.54, 1.807) is 0 Å². The van der Waals surface area contributed by atoms with E-state index in [9.17, 15) is 0 Å². The van der Waals surface area contributed by atoms with Crippen molar-refractivity contribution in [3.63, 3.8) is 0 Å². The molecule has 0 spiro atoms. The zero-order valence-corrected chi connectivity index (χ0v) is 20.3. The smallest absolute Gasteiger partial charge is 0.0395 e. The van der Waals surface area contributed by atoms with Crippen molar-refractivity contribution in [2.24, 2.45) is 0 Å². The molecule has 0 bridgehead atoms. The summed E-state index contributed by atoms with van der Waals surface area (Å²) in [6, 6.07) is 0. The third kappa shape index (κ3) is 325. The summed E-state index contributed by atoms with van der Waals surface area (Å²) in [4.78, 5) is 0. The molecule has 0 aromatic carbocycles. The number of hydrogen-bond donors (Lipinski definition) is 0. The van der Waals surface area contributed by atoms with E-state index in [-0.39, 0.29) is 87.6 Å². The zero-order chi connectivity index (χ0) is 0. The van der Waals surface area contributed by atoms with Crippen LogP contribution in [0.1, 0.15) is 0 Å². The molecule has 0 aromatic rings. The zero-order valence-electron chi connectivity index (χ0n) is 8.27. The van der Waals surface area contributed by atoms with Crippen molar-refractivity contribution in [1.29, 1.82) is 0 Å². The quantitative estimate of drug-likeness (QED) is 0.307. The normalized spacial score (nSPS) is 0. The molecular formula is H24F6P6. The van der Waals surface area contributed by atoms with E-state index < -0.39 is 0 Å². The van der Waals surface area contributed by atoms with E-state index in [1.165, 1.54) is 0 Å². The van der Waals surface area contributed by atoms with Gasteiger partial charge in [0.25, 0.3) is 0 Å². The topological polar surface area (TPSA) is 0 Å². The molecule has 96 valence electrons. The molecule has 0 saturated carbocycles. The Morgan fingerprint density at radius 2 is 0.167 bits per heavy atom. The molecule has 0 amide bonds. The molecule has 12 heavy (non-hydrogen) atoms. The van der Waals surface area contributed by atoms with Crippen molar-refractivity contribution < 1.29 is 28.2 Å². The minimum atomic E-state index is 0. The van der Waals surface area contributed by atoms with Gasteiger partial charge >= 0.3 is 0 Å². The van der Waals surface area contributed by atoms with Gasteiger partial charge in [-0.05, 0) is 59.4 Å². The summed E-state index contributed by atoms with van der Waals surface area (Å²) < 4.78 is 0. The average Bonchev–Trinajstić information content (AvgIpc) is 0. The maximum absolute atomic E-state index is 0. The van der Waals surface area contributed by atoms with Gasteiger partial charge in [0, 0.05) is 0 Å². The predicted molar refractivity (Wildman–Crippen MR) is 75.0 cm³/mol. The minimum absolute atomic E-state index is 0. The number of rotatable bonds is 0. The Bertz CT molecular complexity index is 12.0. The molecule has 6 atom stereocenters. The van der Waals surface area contributed by atoms with Crippen LogP contribution in [0.2, 0.25) is 0 Å². The first-order valence-corrected chi connectivity index (χ1v) is 0. The molecule has 0 rings (SSSR count). The summed E-state index contributed by atoms with van der Waals surface area (Å²) >= 11 is 0. The van der Waals surface area contributed by atoms with Crippen LogP contribution in [0.3, 0.4) is 0 Å². The van der Waals surface area contributed by atoms with Crippen LogP contribution in [0.25, 0.3) is 0 Å². The maximum Gasteiger partial charge on any atom is -0.0395 e. The minimum Gasteiger partial charge on any atom is -1.00 e. The summed E-state index contributed by atoms with van der Waals surface area (Å²) in [5.74, 6) is 0. The maximum atomic E-state index is 0. The fraction of sp³-hybridized carbons (Fsp3) is 0. The van der Waals surface area contributed by atoms with Gasteiger partial charge in [0.15, 0.2) is 0 Å². The second-order valence-corrected chi connectivity index (χ2v) is 0. The van der Waals surface area contributed by atoms with Crippen molar-refractivity contribution >= 4 is 59.4 Å². The Balaban J connectivity index is 0. The van der Waals surface area contributed by atoms with E-state index in [4.69, 9.17) is 0 Å². The van der Waals surface area contributed by atoms with Crippen LogP contribution in [-0.4, -0.2) is 0 Å². The van der Waals surface area contributed by atoms with Gasteiger partial charge in [-0.15, -0.1) is 0 Å². The van der Waals surface area contributed by atoms with Crippen molar-refractivity contribution in [3.05, 3.63) is 0 Å². The molecule has 0 aliphatic carbocycles. The van der Waals surface area contributed by atoms with E-state index in [1.807, 2.05) is 0 Å². The van der Waals surface area contributed by atoms with Gasteiger partial charge in [-0.1, -0.05) is 0 Å². The Morgan fingerprint density at radius 3 is 0.167 bits per heavy atom. The van der Waals surface area contributed by atoms with Crippen molar-refractivity contribution in [1.82, 2.24) is 0 Å². The van der Waals surface area contributed by atoms with Gasteiger partial charge in [0.05, 0.1) is 0 Å². The first-order valence-electron chi connectivity index (χ1n) is 0. The van der Waals surface area contributed by atoms with Crippen LogP contribution >= 0.6 is 59.4 Å². The molecule has 0 fully saturated rings. The summed E-state index contributed by atoms with van der Waals surface area (Å²) in [5, 5.41) is 0. The lowest BCUT2D eigenvalue weighted by atomic mass is 19.0. The second kappa shape index (κ2) is 417. The highest BCUT2D eigenvalue weighted by Crippen LogP contribution is 0.866. The van der Waals surface area contributed by atoms with Gasteiger partial charge in [0.2, 0.25) is 0 Å². The number of hydrogen-bond acceptors (Lipinski definition) is 0. The summed E-state index contributed by atoms with van der Waals surface area (Å²) in [7, 11) is 0. The van der Waals surface area contributed by atoms with E-state index >= 15 is 0 Å². The largest absolute Gasteiger partial charge is 1.00 e. The van der Waals surface area contributed by atoms with Crippen LogP contribution < -0.4 is 28.2 Å². The Hall–Kier alpha value is 2.16. The number of halogens is 6. The average molecular weight is 324 g/mol. The van der Waals surface area contributed by atoms with Gasteiger partial charge in [-0.2, -0.15) is 0 Å². The van der Waals surface area contributed by atoms with E-state index in [2.05, 4.69) is 0 Å². The lowest BCUT2D eigenvalue weighted by Gasteiger charge is -1.00.